The van der Waals surface area contributed by atoms with Gasteiger partial charge in [-0.25, -0.2) is 0 Å². The van der Waals surface area contributed by atoms with Gasteiger partial charge < -0.3 is 10.6 Å². The van der Waals surface area contributed by atoms with E-state index in [0.717, 1.165) is 12.0 Å². The van der Waals surface area contributed by atoms with Crippen molar-refractivity contribution in [3.8, 4) is 0 Å². The highest BCUT2D eigenvalue weighted by molar-refractivity contribution is 6.34. The van der Waals surface area contributed by atoms with Crippen LogP contribution in [0.25, 0.3) is 0 Å². The van der Waals surface area contributed by atoms with Gasteiger partial charge in [0.1, 0.15) is 0 Å². The van der Waals surface area contributed by atoms with E-state index in [4.69, 9.17) is 28.9 Å². The second-order valence-electron chi connectivity index (χ2n) is 5.11. The Morgan fingerprint density at radius 1 is 1.30 bits per heavy atom. The van der Waals surface area contributed by atoms with Crippen LogP contribution in [0.3, 0.4) is 0 Å². The highest BCUT2D eigenvalue weighted by Gasteiger charge is 2.30. The monoisotopic (exact) mass is 338 g/mol. The zero-order valence-electron chi connectivity index (χ0n) is 12.0. The number of carbonyl (C=O) groups is 1. The fourth-order valence-electron chi connectivity index (χ4n) is 2.11. The van der Waals surface area contributed by atoms with Crippen LogP contribution in [0, 0.1) is 0 Å². The van der Waals surface area contributed by atoms with Crippen molar-refractivity contribution in [1.82, 2.24) is 4.90 Å². The minimum absolute atomic E-state index is 0. The molecular weight excluding hydrogens is 319 g/mol. The van der Waals surface area contributed by atoms with E-state index in [9.17, 15) is 4.79 Å². The van der Waals surface area contributed by atoms with E-state index in [1.165, 1.54) is 0 Å². The third-order valence-corrected chi connectivity index (χ3v) is 3.38. The Balaban J connectivity index is 0.00000361. The van der Waals surface area contributed by atoms with Crippen LogP contribution >= 0.6 is 35.6 Å². The lowest BCUT2D eigenvalue weighted by atomic mass is 9.96. The fourth-order valence-corrected chi connectivity index (χ4v) is 2.68. The van der Waals surface area contributed by atoms with Crippen molar-refractivity contribution in [2.75, 3.05) is 7.05 Å². The number of likely N-dealkylation sites (N-methyl/N-ethyl adjacent to an activating group) is 1. The number of hydrogen-bond acceptors (Lipinski definition) is 2. The predicted octanol–water partition coefficient (Wildman–Crippen LogP) is 3.89. The Morgan fingerprint density at radius 2 is 1.80 bits per heavy atom. The van der Waals surface area contributed by atoms with Gasteiger partial charge in [0.2, 0.25) is 5.91 Å². The van der Waals surface area contributed by atoms with Crippen molar-refractivity contribution in [1.29, 1.82) is 0 Å². The predicted molar refractivity (Wildman–Crippen MR) is 87.7 cm³/mol. The summed E-state index contributed by atoms with van der Waals surface area (Å²) in [5, 5.41) is 1.12. The molecule has 1 aromatic carbocycles. The van der Waals surface area contributed by atoms with Crippen LogP contribution in [-0.2, 0) is 11.3 Å². The van der Waals surface area contributed by atoms with Crippen LogP contribution in [0.15, 0.2) is 18.2 Å². The summed E-state index contributed by atoms with van der Waals surface area (Å²) in [6.45, 7) is 4.21. The van der Waals surface area contributed by atoms with Crippen LogP contribution < -0.4 is 5.73 Å². The van der Waals surface area contributed by atoms with E-state index in [-0.39, 0.29) is 18.3 Å². The second-order valence-corrected chi connectivity index (χ2v) is 5.98. The Bertz CT molecular complexity index is 443. The molecule has 1 amide bonds. The SMILES string of the molecule is CCCC(C)(N)C(=O)N(C)Cc1cc(Cl)cc(Cl)c1.Cl. The molecule has 0 saturated carbocycles. The maximum atomic E-state index is 12.3. The molecular formula is C14H21Cl3N2O. The molecule has 3 nitrogen and oxygen atoms in total. The summed E-state index contributed by atoms with van der Waals surface area (Å²) in [6, 6.07) is 5.26. The van der Waals surface area contributed by atoms with Crippen molar-refractivity contribution in [3.05, 3.63) is 33.8 Å². The first-order chi connectivity index (χ1) is 8.76. The molecule has 114 valence electrons. The molecule has 0 spiro atoms. The van der Waals surface area contributed by atoms with Gasteiger partial charge in [-0.1, -0.05) is 36.5 Å². The summed E-state index contributed by atoms with van der Waals surface area (Å²) in [5.41, 5.74) is 6.10. The Morgan fingerprint density at radius 3 is 2.25 bits per heavy atom. The molecule has 0 saturated heterocycles. The number of rotatable bonds is 5. The summed E-state index contributed by atoms with van der Waals surface area (Å²) in [5.74, 6) is -0.0783. The summed E-state index contributed by atoms with van der Waals surface area (Å²) >= 11 is 11.9. The van der Waals surface area contributed by atoms with Crippen molar-refractivity contribution in [2.45, 2.75) is 38.8 Å². The summed E-state index contributed by atoms with van der Waals surface area (Å²) < 4.78 is 0. The normalized spacial score (nSPS) is 13.3. The molecule has 1 atom stereocenters. The van der Waals surface area contributed by atoms with E-state index in [0.29, 0.717) is 23.0 Å². The van der Waals surface area contributed by atoms with Crippen LogP contribution in [0.4, 0.5) is 0 Å². The Hall–Kier alpha value is -0.480. The van der Waals surface area contributed by atoms with Crippen molar-refractivity contribution < 1.29 is 4.79 Å². The largest absolute Gasteiger partial charge is 0.340 e. The third kappa shape index (κ3) is 5.49. The number of benzene rings is 1. The van der Waals surface area contributed by atoms with Gasteiger partial charge in [0, 0.05) is 23.6 Å². The zero-order valence-corrected chi connectivity index (χ0v) is 14.3. The van der Waals surface area contributed by atoms with Gasteiger partial charge in [-0.2, -0.15) is 0 Å². The van der Waals surface area contributed by atoms with Gasteiger partial charge in [-0.3, -0.25) is 4.79 Å². The maximum Gasteiger partial charge on any atom is 0.242 e. The number of nitrogens with zero attached hydrogens (tertiary/aromatic N) is 1. The fraction of sp³-hybridized carbons (Fsp3) is 0.500. The van der Waals surface area contributed by atoms with Crippen molar-refractivity contribution >= 4 is 41.5 Å². The van der Waals surface area contributed by atoms with E-state index < -0.39 is 5.54 Å². The summed E-state index contributed by atoms with van der Waals surface area (Å²) in [6.07, 6.45) is 1.53. The highest BCUT2D eigenvalue weighted by atomic mass is 35.5. The van der Waals surface area contributed by atoms with E-state index in [1.54, 1.807) is 37.1 Å². The number of amides is 1. The van der Waals surface area contributed by atoms with Crippen molar-refractivity contribution in [2.24, 2.45) is 5.73 Å². The van der Waals surface area contributed by atoms with E-state index >= 15 is 0 Å². The molecule has 1 unspecified atom stereocenters. The number of hydrogen-bond donors (Lipinski definition) is 1. The lowest BCUT2D eigenvalue weighted by molar-refractivity contribution is -0.135. The minimum Gasteiger partial charge on any atom is -0.340 e. The molecule has 0 aliphatic carbocycles. The van der Waals surface area contributed by atoms with Crippen LogP contribution in [0.2, 0.25) is 10.0 Å². The number of halogens is 3. The number of nitrogens with two attached hydrogens (primary N) is 1. The topological polar surface area (TPSA) is 46.3 Å². The molecule has 2 N–H and O–H groups in total. The standard InChI is InChI=1S/C14H20Cl2N2O.ClH/c1-4-5-14(2,17)13(19)18(3)9-10-6-11(15)8-12(16)7-10;/h6-8H,4-5,9,17H2,1-3H3;1H. The molecule has 6 heteroatoms. The Labute approximate surface area is 136 Å². The highest BCUT2D eigenvalue weighted by Crippen LogP contribution is 2.21. The lowest BCUT2D eigenvalue weighted by Gasteiger charge is -2.29. The molecule has 0 aromatic heterocycles. The van der Waals surface area contributed by atoms with Gasteiger partial charge in [0.05, 0.1) is 5.54 Å². The van der Waals surface area contributed by atoms with Gasteiger partial charge in [-0.05, 0) is 37.1 Å². The summed E-state index contributed by atoms with van der Waals surface area (Å²) in [7, 11) is 1.73. The Kier molecular flexibility index (Phi) is 7.89. The molecule has 0 radical (unpaired) electrons. The molecule has 20 heavy (non-hydrogen) atoms. The summed E-state index contributed by atoms with van der Waals surface area (Å²) in [4.78, 5) is 13.9. The number of carbonyl (C=O) groups excluding carboxylic acids is 1. The second kappa shape index (κ2) is 8.08. The molecule has 0 aliphatic heterocycles. The van der Waals surface area contributed by atoms with Crippen LogP contribution in [-0.4, -0.2) is 23.4 Å². The molecule has 0 fully saturated rings. The molecule has 0 bridgehead atoms. The van der Waals surface area contributed by atoms with Crippen LogP contribution in [0.5, 0.6) is 0 Å². The quantitative estimate of drug-likeness (QED) is 0.884. The smallest absolute Gasteiger partial charge is 0.242 e. The maximum absolute atomic E-state index is 12.3. The van der Waals surface area contributed by atoms with Crippen LogP contribution in [0.1, 0.15) is 32.3 Å². The van der Waals surface area contributed by atoms with Gasteiger partial charge >= 0.3 is 0 Å². The van der Waals surface area contributed by atoms with Gasteiger partial charge in [0.15, 0.2) is 0 Å². The minimum atomic E-state index is -0.828. The zero-order chi connectivity index (χ0) is 14.6. The molecule has 0 heterocycles. The van der Waals surface area contributed by atoms with E-state index in [1.807, 2.05) is 6.92 Å². The van der Waals surface area contributed by atoms with E-state index in [2.05, 4.69) is 0 Å². The first kappa shape index (κ1) is 19.5. The molecule has 1 aromatic rings. The first-order valence-corrected chi connectivity index (χ1v) is 7.01. The van der Waals surface area contributed by atoms with Crippen molar-refractivity contribution in [3.63, 3.8) is 0 Å². The van der Waals surface area contributed by atoms with Gasteiger partial charge in [-0.15, -0.1) is 12.4 Å². The first-order valence-electron chi connectivity index (χ1n) is 6.25. The average Bonchev–Trinajstić information content (AvgIpc) is 2.26. The van der Waals surface area contributed by atoms with Gasteiger partial charge in [0.25, 0.3) is 0 Å². The molecule has 0 aliphatic rings. The average molecular weight is 340 g/mol. The third-order valence-electron chi connectivity index (χ3n) is 2.95. The molecule has 1 rings (SSSR count). The lowest BCUT2D eigenvalue weighted by Crippen LogP contribution is -2.51.